The highest BCUT2D eigenvalue weighted by molar-refractivity contribution is 6.06. The smallest absolute Gasteiger partial charge is 0.293 e. The summed E-state index contributed by atoms with van der Waals surface area (Å²) in [4.78, 5) is 25.5. The third kappa shape index (κ3) is 4.17. The molecule has 26 heavy (non-hydrogen) atoms. The van der Waals surface area contributed by atoms with Crippen molar-refractivity contribution in [1.29, 1.82) is 0 Å². The van der Waals surface area contributed by atoms with Crippen LogP contribution in [0.15, 0.2) is 48.5 Å². The van der Waals surface area contributed by atoms with Crippen molar-refractivity contribution in [3.8, 4) is 0 Å². The molecular formula is C21H22N2O3. The van der Waals surface area contributed by atoms with Gasteiger partial charge < -0.3 is 4.90 Å². The summed E-state index contributed by atoms with van der Waals surface area (Å²) in [5.74, 6) is -0.118. The molecule has 0 spiro atoms. The molecule has 1 aliphatic rings. The summed E-state index contributed by atoms with van der Waals surface area (Å²) in [5.41, 5.74) is 3.10. The predicted molar refractivity (Wildman–Crippen MR) is 104 cm³/mol. The molecule has 0 unspecified atom stereocenters. The van der Waals surface area contributed by atoms with Gasteiger partial charge in [-0.1, -0.05) is 42.0 Å². The first-order valence-corrected chi connectivity index (χ1v) is 8.87. The Bertz CT molecular complexity index is 835. The monoisotopic (exact) mass is 350 g/mol. The van der Waals surface area contributed by atoms with E-state index in [2.05, 4.69) is 4.90 Å². The van der Waals surface area contributed by atoms with Crippen LogP contribution in [-0.2, 0) is 0 Å². The topological polar surface area (TPSA) is 63.5 Å². The van der Waals surface area contributed by atoms with Crippen molar-refractivity contribution in [2.75, 3.05) is 18.0 Å². The van der Waals surface area contributed by atoms with Crippen molar-refractivity contribution in [3.05, 3.63) is 75.3 Å². The summed E-state index contributed by atoms with van der Waals surface area (Å²) in [5, 5.41) is 11.5. The van der Waals surface area contributed by atoms with Crippen LogP contribution in [0.25, 0.3) is 6.08 Å². The highest BCUT2D eigenvalue weighted by Crippen LogP contribution is 2.31. The molecule has 5 heteroatoms. The lowest BCUT2D eigenvalue weighted by Gasteiger charge is -2.28. The van der Waals surface area contributed by atoms with Gasteiger partial charge in [-0.3, -0.25) is 14.9 Å². The molecule has 0 radical (unpaired) electrons. The maximum absolute atomic E-state index is 12.2. The van der Waals surface area contributed by atoms with E-state index in [1.165, 1.54) is 12.5 Å². The molecule has 0 atom stereocenters. The molecule has 0 aliphatic carbocycles. The number of nitrogens with zero attached hydrogens (tertiary/aromatic N) is 2. The quantitative estimate of drug-likeness (QED) is 0.337. The van der Waals surface area contributed by atoms with Crippen LogP contribution in [0.1, 0.15) is 40.7 Å². The second-order valence-corrected chi connectivity index (χ2v) is 6.62. The Balaban J connectivity index is 1.81. The third-order valence-electron chi connectivity index (χ3n) is 4.66. The summed E-state index contributed by atoms with van der Waals surface area (Å²) in [6.07, 6.45) is 6.39. The number of piperidine rings is 1. The third-order valence-corrected chi connectivity index (χ3v) is 4.66. The molecule has 0 saturated carbocycles. The first-order valence-electron chi connectivity index (χ1n) is 8.87. The molecule has 2 aromatic carbocycles. The second kappa shape index (κ2) is 7.95. The van der Waals surface area contributed by atoms with Gasteiger partial charge in [0.2, 0.25) is 0 Å². The van der Waals surface area contributed by atoms with Gasteiger partial charge in [0.15, 0.2) is 5.78 Å². The highest BCUT2D eigenvalue weighted by atomic mass is 16.6. The normalized spacial score (nSPS) is 14.6. The molecule has 0 N–H and O–H groups in total. The number of aryl methyl sites for hydroxylation is 1. The van der Waals surface area contributed by atoms with Gasteiger partial charge in [0, 0.05) is 24.7 Å². The van der Waals surface area contributed by atoms with Gasteiger partial charge in [0.05, 0.1) is 4.92 Å². The molecule has 3 rings (SSSR count). The first kappa shape index (κ1) is 17.9. The van der Waals surface area contributed by atoms with Gasteiger partial charge in [0.25, 0.3) is 5.69 Å². The SMILES string of the molecule is Cc1ccc(C(=O)C=Cc2ccc(N3CCCCC3)c([N+](=O)[O-])c2)cc1. The van der Waals surface area contributed by atoms with E-state index in [0.717, 1.165) is 31.5 Å². The number of carbonyl (C=O) groups excluding carboxylic acids is 1. The number of ketones is 1. The number of allylic oxidation sites excluding steroid dienone is 1. The number of carbonyl (C=O) groups is 1. The molecular weight excluding hydrogens is 328 g/mol. The maximum Gasteiger partial charge on any atom is 0.293 e. The maximum atomic E-state index is 12.2. The van der Waals surface area contributed by atoms with Crippen molar-refractivity contribution >= 4 is 23.2 Å². The fraction of sp³-hybridized carbons (Fsp3) is 0.286. The van der Waals surface area contributed by atoms with Crippen LogP contribution in [0.2, 0.25) is 0 Å². The Morgan fingerprint density at radius 3 is 2.42 bits per heavy atom. The fourth-order valence-corrected chi connectivity index (χ4v) is 3.18. The van der Waals surface area contributed by atoms with Crippen LogP contribution in [0.4, 0.5) is 11.4 Å². The number of nitro benzene ring substituents is 1. The minimum atomic E-state index is -0.344. The highest BCUT2D eigenvalue weighted by Gasteiger charge is 2.21. The molecule has 1 aliphatic heterocycles. The van der Waals surface area contributed by atoms with E-state index in [-0.39, 0.29) is 16.4 Å². The Hall–Kier alpha value is -2.95. The van der Waals surface area contributed by atoms with Crippen LogP contribution >= 0.6 is 0 Å². The zero-order chi connectivity index (χ0) is 18.5. The van der Waals surface area contributed by atoms with Crippen molar-refractivity contribution in [3.63, 3.8) is 0 Å². The van der Waals surface area contributed by atoms with Crippen molar-refractivity contribution in [2.45, 2.75) is 26.2 Å². The molecule has 1 saturated heterocycles. The number of hydrogen-bond donors (Lipinski definition) is 0. The largest absolute Gasteiger partial charge is 0.366 e. The van der Waals surface area contributed by atoms with Gasteiger partial charge in [-0.2, -0.15) is 0 Å². The zero-order valence-electron chi connectivity index (χ0n) is 14.9. The van der Waals surface area contributed by atoms with E-state index >= 15 is 0 Å². The summed E-state index contributed by atoms with van der Waals surface area (Å²) in [6.45, 7) is 3.66. The van der Waals surface area contributed by atoms with Crippen molar-refractivity contribution in [2.24, 2.45) is 0 Å². The molecule has 134 valence electrons. The van der Waals surface area contributed by atoms with Crippen LogP contribution in [-0.4, -0.2) is 23.8 Å². The van der Waals surface area contributed by atoms with Crippen molar-refractivity contribution < 1.29 is 9.72 Å². The van der Waals surface area contributed by atoms with Crippen LogP contribution < -0.4 is 4.90 Å². The van der Waals surface area contributed by atoms with Crippen LogP contribution in [0.5, 0.6) is 0 Å². The summed E-state index contributed by atoms with van der Waals surface area (Å²) in [7, 11) is 0. The second-order valence-electron chi connectivity index (χ2n) is 6.62. The zero-order valence-corrected chi connectivity index (χ0v) is 14.9. The van der Waals surface area contributed by atoms with Gasteiger partial charge in [-0.15, -0.1) is 0 Å². The van der Waals surface area contributed by atoms with Gasteiger partial charge in [0.1, 0.15) is 5.69 Å². The molecule has 0 bridgehead atoms. The van der Waals surface area contributed by atoms with E-state index < -0.39 is 0 Å². The average molecular weight is 350 g/mol. The number of nitro groups is 1. The molecule has 1 heterocycles. The van der Waals surface area contributed by atoms with Crippen LogP contribution in [0.3, 0.4) is 0 Å². The van der Waals surface area contributed by atoms with E-state index in [4.69, 9.17) is 0 Å². The Labute approximate surface area is 153 Å². The number of rotatable bonds is 5. The summed E-state index contributed by atoms with van der Waals surface area (Å²) < 4.78 is 0. The Morgan fingerprint density at radius 1 is 1.08 bits per heavy atom. The average Bonchev–Trinajstić information content (AvgIpc) is 2.67. The summed E-state index contributed by atoms with van der Waals surface area (Å²) >= 11 is 0. The van der Waals surface area contributed by atoms with Gasteiger partial charge in [-0.25, -0.2) is 0 Å². The number of anilines is 1. The Morgan fingerprint density at radius 2 is 1.77 bits per heavy atom. The fourth-order valence-electron chi connectivity index (χ4n) is 3.18. The van der Waals surface area contributed by atoms with Crippen LogP contribution in [0, 0.1) is 17.0 Å². The minimum absolute atomic E-state index is 0.0943. The van der Waals surface area contributed by atoms with E-state index in [9.17, 15) is 14.9 Å². The lowest BCUT2D eigenvalue weighted by molar-refractivity contribution is -0.384. The standard InChI is InChI=1S/C21H22N2O3/c1-16-5-9-18(10-6-16)21(24)12-8-17-7-11-19(20(15-17)23(25)26)22-13-3-2-4-14-22/h5-12,15H,2-4,13-14H2,1H3. The molecule has 2 aromatic rings. The lowest BCUT2D eigenvalue weighted by atomic mass is 10.1. The Kier molecular flexibility index (Phi) is 5.46. The van der Waals surface area contributed by atoms with Crippen molar-refractivity contribution in [1.82, 2.24) is 0 Å². The predicted octanol–water partition coefficient (Wildman–Crippen LogP) is 4.79. The van der Waals surface area contributed by atoms with Gasteiger partial charge in [-0.05, 0) is 43.9 Å². The van der Waals surface area contributed by atoms with E-state index in [0.29, 0.717) is 16.8 Å². The molecule has 1 fully saturated rings. The molecule has 5 nitrogen and oxygen atoms in total. The molecule has 0 aromatic heterocycles. The lowest BCUT2D eigenvalue weighted by Crippen LogP contribution is -2.29. The number of benzene rings is 2. The number of hydrogen-bond acceptors (Lipinski definition) is 4. The minimum Gasteiger partial charge on any atom is -0.366 e. The molecule has 0 amide bonds. The van der Waals surface area contributed by atoms with E-state index in [1.54, 1.807) is 30.3 Å². The van der Waals surface area contributed by atoms with Gasteiger partial charge >= 0.3 is 0 Å². The summed E-state index contributed by atoms with van der Waals surface area (Å²) in [6, 6.07) is 12.5. The first-order chi connectivity index (χ1) is 12.5. The van der Waals surface area contributed by atoms with E-state index in [1.807, 2.05) is 25.1 Å².